The molecule has 0 aromatic rings. The largest absolute Gasteiger partial charge is 0.472 e. The number of allylic oxidation sites excluding steroid dienone is 6. The maximum absolute atomic E-state index is 12.1. The van der Waals surface area contributed by atoms with E-state index in [0.29, 0.717) is 6.42 Å². The van der Waals surface area contributed by atoms with Gasteiger partial charge in [0, 0.05) is 19.4 Å². The van der Waals surface area contributed by atoms with E-state index in [1.807, 2.05) is 0 Å². The van der Waals surface area contributed by atoms with E-state index in [4.69, 9.17) is 13.8 Å². The second kappa shape index (κ2) is 45.7. The number of ether oxygens (including phenoxy) is 1. The molecular formula is C49H92NO8P. The molecule has 1 amide bonds. The standard InChI is InChI=1S/C49H92NO8P/c1-3-5-7-9-11-13-15-17-19-20-21-22-23-24-25-26-28-30-32-34-36-38-40-42-49(53)56-45-47(51)46-58-59(54,55)57-44-43-50-48(52)41-39-37-35-33-31-29-27-18-16-14-12-10-8-6-4-2/h12,14,17-19,27,47,51H,3-11,13,15-16,20-26,28-46H2,1-2H3,(H,50,52)(H,54,55)/b14-12-,19-17+,27-18-. The number of aliphatic hydroxyl groups excluding tert-OH is 1. The average molecular weight is 854 g/mol. The SMILES string of the molecule is CCCCC/C=C\C/C=C\CCCCCCCC(=O)NCCOP(=O)(O)OCC(O)COC(=O)CCCCCCCCCCCCCCC/C=C/CCCCCCCC. The summed E-state index contributed by atoms with van der Waals surface area (Å²) >= 11 is 0. The van der Waals surface area contributed by atoms with Gasteiger partial charge in [-0.25, -0.2) is 4.57 Å². The van der Waals surface area contributed by atoms with Crippen molar-refractivity contribution in [1.29, 1.82) is 0 Å². The van der Waals surface area contributed by atoms with Crippen LogP contribution in [0, 0.1) is 0 Å². The Morgan fingerprint density at radius 2 is 0.915 bits per heavy atom. The van der Waals surface area contributed by atoms with E-state index in [9.17, 15) is 24.2 Å². The summed E-state index contributed by atoms with van der Waals surface area (Å²) in [6.07, 6.45) is 52.2. The molecule has 10 heteroatoms. The summed E-state index contributed by atoms with van der Waals surface area (Å²) in [7, 11) is -4.42. The van der Waals surface area contributed by atoms with Crippen LogP contribution in [0.4, 0.5) is 0 Å². The van der Waals surface area contributed by atoms with Gasteiger partial charge in [0.05, 0.1) is 13.2 Å². The fourth-order valence-electron chi connectivity index (χ4n) is 6.82. The first-order valence-electron chi connectivity index (χ1n) is 24.5. The minimum atomic E-state index is -4.42. The molecule has 2 atom stereocenters. The number of nitrogens with one attached hydrogen (secondary N) is 1. The van der Waals surface area contributed by atoms with Crippen molar-refractivity contribution >= 4 is 19.7 Å². The molecule has 0 saturated carbocycles. The fraction of sp³-hybridized carbons (Fsp3) is 0.837. The molecule has 59 heavy (non-hydrogen) atoms. The van der Waals surface area contributed by atoms with Crippen LogP contribution in [0.2, 0.25) is 0 Å². The van der Waals surface area contributed by atoms with Crippen LogP contribution in [0.1, 0.15) is 232 Å². The number of rotatable bonds is 46. The Balaban J connectivity index is 3.55. The molecule has 0 rings (SSSR count). The first-order valence-corrected chi connectivity index (χ1v) is 26.0. The Labute approximate surface area is 363 Å². The topological polar surface area (TPSA) is 131 Å². The van der Waals surface area contributed by atoms with Gasteiger partial charge >= 0.3 is 13.8 Å². The third kappa shape index (κ3) is 47.1. The van der Waals surface area contributed by atoms with Crippen LogP contribution in [0.15, 0.2) is 36.5 Å². The van der Waals surface area contributed by atoms with E-state index in [1.54, 1.807) is 0 Å². The molecule has 0 saturated heterocycles. The van der Waals surface area contributed by atoms with Gasteiger partial charge in [0.25, 0.3) is 0 Å². The smallest absolute Gasteiger partial charge is 0.463 e. The highest BCUT2D eigenvalue weighted by Gasteiger charge is 2.23. The van der Waals surface area contributed by atoms with Crippen LogP contribution in [0.5, 0.6) is 0 Å². The Morgan fingerprint density at radius 3 is 1.41 bits per heavy atom. The highest BCUT2D eigenvalue weighted by Crippen LogP contribution is 2.42. The maximum Gasteiger partial charge on any atom is 0.472 e. The second-order valence-corrected chi connectivity index (χ2v) is 17.9. The Kier molecular flexibility index (Phi) is 44.4. The van der Waals surface area contributed by atoms with Gasteiger partial charge in [0.2, 0.25) is 5.91 Å². The number of esters is 1. The Hall–Kier alpha value is -1.77. The highest BCUT2D eigenvalue weighted by atomic mass is 31.2. The molecule has 0 aliphatic carbocycles. The lowest BCUT2D eigenvalue weighted by atomic mass is 10.0. The number of carbonyl (C=O) groups excluding carboxylic acids is 2. The number of amides is 1. The maximum atomic E-state index is 12.1. The van der Waals surface area contributed by atoms with E-state index < -0.39 is 26.5 Å². The quantitative estimate of drug-likeness (QED) is 0.0239. The van der Waals surface area contributed by atoms with Crippen molar-refractivity contribution in [3.05, 3.63) is 36.5 Å². The number of unbranched alkanes of at least 4 members (excludes halogenated alkanes) is 27. The van der Waals surface area contributed by atoms with Crippen molar-refractivity contribution in [2.45, 2.75) is 238 Å². The van der Waals surface area contributed by atoms with E-state index in [2.05, 4.69) is 55.6 Å². The summed E-state index contributed by atoms with van der Waals surface area (Å²) in [5.74, 6) is -0.525. The molecule has 0 aromatic heterocycles. The van der Waals surface area contributed by atoms with Crippen molar-refractivity contribution < 1.29 is 37.9 Å². The first-order chi connectivity index (χ1) is 28.8. The number of phosphoric acid groups is 1. The predicted octanol–water partition coefficient (Wildman–Crippen LogP) is 14.1. The van der Waals surface area contributed by atoms with Gasteiger partial charge in [-0.15, -0.1) is 0 Å². The molecule has 0 heterocycles. The molecule has 0 bridgehead atoms. The van der Waals surface area contributed by atoms with Gasteiger partial charge in [0.1, 0.15) is 12.7 Å². The third-order valence-corrected chi connectivity index (χ3v) is 11.5. The monoisotopic (exact) mass is 854 g/mol. The number of hydrogen-bond donors (Lipinski definition) is 3. The van der Waals surface area contributed by atoms with Crippen LogP contribution in [-0.4, -0.2) is 54.3 Å². The minimum Gasteiger partial charge on any atom is -0.463 e. The summed E-state index contributed by atoms with van der Waals surface area (Å²) in [6.45, 7) is 3.53. The molecule has 0 fully saturated rings. The zero-order chi connectivity index (χ0) is 43.2. The van der Waals surface area contributed by atoms with Crippen molar-refractivity contribution in [2.24, 2.45) is 0 Å². The van der Waals surface area contributed by atoms with Crippen LogP contribution in [0.3, 0.4) is 0 Å². The molecule has 0 aliphatic heterocycles. The Bertz CT molecular complexity index is 1060. The molecule has 346 valence electrons. The number of carbonyl (C=O) groups is 2. The lowest BCUT2D eigenvalue weighted by Crippen LogP contribution is -2.27. The van der Waals surface area contributed by atoms with E-state index >= 15 is 0 Å². The number of hydrogen-bond acceptors (Lipinski definition) is 7. The van der Waals surface area contributed by atoms with E-state index in [1.165, 1.54) is 141 Å². The van der Waals surface area contributed by atoms with Crippen LogP contribution in [0.25, 0.3) is 0 Å². The third-order valence-electron chi connectivity index (χ3n) is 10.5. The predicted molar refractivity (Wildman–Crippen MR) is 247 cm³/mol. The summed E-state index contributed by atoms with van der Waals surface area (Å²) in [6, 6.07) is 0. The molecule has 0 aromatic carbocycles. The second-order valence-electron chi connectivity index (χ2n) is 16.4. The molecule has 0 radical (unpaired) electrons. The van der Waals surface area contributed by atoms with Gasteiger partial charge < -0.3 is 20.1 Å². The molecule has 9 nitrogen and oxygen atoms in total. The van der Waals surface area contributed by atoms with Gasteiger partial charge in [-0.2, -0.15) is 0 Å². The fourth-order valence-corrected chi connectivity index (χ4v) is 7.58. The van der Waals surface area contributed by atoms with Crippen molar-refractivity contribution in [3.8, 4) is 0 Å². The number of phosphoric ester groups is 1. The zero-order valence-electron chi connectivity index (χ0n) is 38.2. The lowest BCUT2D eigenvalue weighted by Gasteiger charge is -2.15. The molecule has 3 N–H and O–H groups in total. The molecule has 2 unspecified atom stereocenters. The van der Waals surface area contributed by atoms with Crippen molar-refractivity contribution in [2.75, 3.05) is 26.4 Å². The Morgan fingerprint density at radius 1 is 0.525 bits per heavy atom. The van der Waals surface area contributed by atoms with Crippen molar-refractivity contribution in [3.63, 3.8) is 0 Å². The summed E-state index contributed by atoms with van der Waals surface area (Å²) in [4.78, 5) is 34.0. The highest BCUT2D eigenvalue weighted by molar-refractivity contribution is 7.47. The minimum absolute atomic E-state index is 0.0747. The molecule has 0 spiro atoms. The van der Waals surface area contributed by atoms with E-state index in [0.717, 1.165) is 64.2 Å². The van der Waals surface area contributed by atoms with Gasteiger partial charge in [0.15, 0.2) is 0 Å². The van der Waals surface area contributed by atoms with Crippen LogP contribution in [-0.2, 0) is 27.9 Å². The van der Waals surface area contributed by atoms with Crippen LogP contribution >= 0.6 is 7.82 Å². The summed E-state index contributed by atoms with van der Waals surface area (Å²) < 4.78 is 26.9. The lowest BCUT2D eigenvalue weighted by molar-refractivity contribution is -0.147. The number of aliphatic hydroxyl groups is 1. The first kappa shape index (κ1) is 57.2. The van der Waals surface area contributed by atoms with Gasteiger partial charge in [-0.1, -0.05) is 185 Å². The van der Waals surface area contributed by atoms with Crippen LogP contribution < -0.4 is 5.32 Å². The zero-order valence-corrected chi connectivity index (χ0v) is 39.1. The van der Waals surface area contributed by atoms with E-state index in [-0.39, 0.29) is 32.1 Å². The summed E-state index contributed by atoms with van der Waals surface area (Å²) in [5.41, 5.74) is 0. The average Bonchev–Trinajstić information content (AvgIpc) is 3.22. The van der Waals surface area contributed by atoms with Gasteiger partial charge in [-0.3, -0.25) is 18.6 Å². The summed E-state index contributed by atoms with van der Waals surface area (Å²) in [5, 5.41) is 12.7. The molecular weight excluding hydrogens is 762 g/mol. The van der Waals surface area contributed by atoms with Gasteiger partial charge in [-0.05, 0) is 70.6 Å². The molecule has 0 aliphatic rings. The van der Waals surface area contributed by atoms with Crippen molar-refractivity contribution in [1.82, 2.24) is 5.32 Å². The normalized spacial score (nSPS) is 13.5.